The summed E-state index contributed by atoms with van der Waals surface area (Å²) >= 11 is 12.3. The summed E-state index contributed by atoms with van der Waals surface area (Å²) in [5.74, 6) is -0.326. The first-order valence-corrected chi connectivity index (χ1v) is 10.4. The molecule has 33 heavy (non-hydrogen) atoms. The van der Waals surface area contributed by atoms with Gasteiger partial charge in [0.15, 0.2) is 5.65 Å². The summed E-state index contributed by atoms with van der Waals surface area (Å²) in [7, 11) is 0. The number of aromatic nitrogens is 5. The molecule has 3 heterocycles. The zero-order valence-corrected chi connectivity index (χ0v) is 18.5. The Morgan fingerprint density at radius 3 is 2.73 bits per heavy atom. The summed E-state index contributed by atoms with van der Waals surface area (Å²) in [5, 5.41) is 9.37. The van der Waals surface area contributed by atoms with Gasteiger partial charge in [-0.05, 0) is 31.2 Å². The Labute approximate surface area is 196 Å². The fraction of sp³-hybridized carbons (Fsp3) is 0.0455. The van der Waals surface area contributed by atoms with Gasteiger partial charge in [0.05, 0.1) is 16.9 Å². The lowest BCUT2D eigenvalue weighted by Crippen LogP contribution is -2.33. The second-order valence-electron chi connectivity index (χ2n) is 7.08. The van der Waals surface area contributed by atoms with Gasteiger partial charge in [-0.3, -0.25) is 15.0 Å². The highest BCUT2D eigenvalue weighted by molar-refractivity contribution is 6.33. The van der Waals surface area contributed by atoms with Crippen LogP contribution in [0.15, 0.2) is 70.4 Å². The van der Waals surface area contributed by atoms with Crippen LogP contribution in [0.1, 0.15) is 16.1 Å². The maximum atomic E-state index is 13.1. The predicted octanol–water partition coefficient (Wildman–Crippen LogP) is 4.24. The van der Waals surface area contributed by atoms with E-state index in [1.54, 1.807) is 55.5 Å². The van der Waals surface area contributed by atoms with Gasteiger partial charge in [0, 0.05) is 10.6 Å². The molecule has 0 atom stereocenters. The Balaban J connectivity index is 1.52. The summed E-state index contributed by atoms with van der Waals surface area (Å²) in [4.78, 5) is 30.4. The molecule has 3 aromatic heterocycles. The number of fused-ring (bicyclic) bond motifs is 1. The zero-order chi connectivity index (χ0) is 23.1. The Morgan fingerprint density at radius 1 is 1.12 bits per heavy atom. The summed E-state index contributed by atoms with van der Waals surface area (Å²) < 4.78 is 7.71. The number of rotatable bonds is 4. The fourth-order valence-electron chi connectivity index (χ4n) is 3.43. The summed E-state index contributed by atoms with van der Waals surface area (Å²) in [6.07, 6.45) is 2.59. The molecule has 5 aromatic rings. The number of nitrogens with zero attached hydrogens (tertiary/aromatic N) is 5. The number of halogens is 2. The normalized spacial score (nSPS) is 11.1. The minimum atomic E-state index is -0.603. The molecule has 0 spiro atoms. The number of carbonyl (C=O) groups excluding carboxylic acids is 1. The molecule has 0 aliphatic carbocycles. The largest absolute Gasteiger partial charge is 0.360 e. The molecular weight excluding hydrogens is 467 g/mol. The summed E-state index contributed by atoms with van der Waals surface area (Å²) in [6.45, 7) is 1.60. The lowest BCUT2D eigenvalue weighted by molar-refractivity contribution is 0.101. The van der Waals surface area contributed by atoms with E-state index in [0.29, 0.717) is 26.9 Å². The SMILES string of the molecule is Cc1onc(-c2ccccc2Cl)c1C(=O)Nn1cnc2c(cnn2-c2cccc(Cl)c2)c1=O. The Morgan fingerprint density at radius 2 is 1.94 bits per heavy atom. The molecular formula is C22H14Cl2N6O3. The van der Waals surface area contributed by atoms with Gasteiger partial charge < -0.3 is 4.52 Å². The Hall–Kier alpha value is -3.95. The van der Waals surface area contributed by atoms with Crippen molar-refractivity contribution in [2.75, 3.05) is 5.43 Å². The average Bonchev–Trinajstić information content (AvgIpc) is 3.40. The van der Waals surface area contributed by atoms with Crippen molar-refractivity contribution in [2.45, 2.75) is 6.92 Å². The highest BCUT2D eigenvalue weighted by Gasteiger charge is 2.24. The topological polar surface area (TPSA) is 108 Å². The third kappa shape index (κ3) is 3.67. The van der Waals surface area contributed by atoms with Gasteiger partial charge in [-0.1, -0.05) is 52.6 Å². The number of nitrogens with one attached hydrogen (secondary N) is 1. The zero-order valence-electron chi connectivity index (χ0n) is 17.0. The predicted molar refractivity (Wildman–Crippen MR) is 124 cm³/mol. The van der Waals surface area contributed by atoms with Crippen LogP contribution in [0.2, 0.25) is 10.0 Å². The molecule has 5 rings (SSSR count). The molecule has 2 aromatic carbocycles. The van der Waals surface area contributed by atoms with Crippen molar-refractivity contribution in [3.8, 4) is 16.9 Å². The van der Waals surface area contributed by atoms with Crippen molar-refractivity contribution in [2.24, 2.45) is 0 Å². The van der Waals surface area contributed by atoms with Crippen LogP contribution in [0.5, 0.6) is 0 Å². The van der Waals surface area contributed by atoms with Crippen molar-refractivity contribution in [1.29, 1.82) is 0 Å². The van der Waals surface area contributed by atoms with Crippen LogP contribution >= 0.6 is 23.2 Å². The van der Waals surface area contributed by atoms with Crippen molar-refractivity contribution >= 4 is 40.1 Å². The van der Waals surface area contributed by atoms with E-state index in [1.165, 1.54) is 17.2 Å². The molecule has 0 saturated heterocycles. The van der Waals surface area contributed by atoms with Crippen LogP contribution in [0.3, 0.4) is 0 Å². The average molecular weight is 481 g/mol. The lowest BCUT2D eigenvalue weighted by Gasteiger charge is -2.09. The van der Waals surface area contributed by atoms with Gasteiger partial charge in [-0.15, -0.1) is 0 Å². The van der Waals surface area contributed by atoms with Crippen LogP contribution in [-0.4, -0.2) is 30.5 Å². The van der Waals surface area contributed by atoms with E-state index in [0.717, 1.165) is 4.68 Å². The third-order valence-electron chi connectivity index (χ3n) is 4.98. The summed E-state index contributed by atoms with van der Waals surface area (Å²) in [5.41, 5.74) is 3.96. The molecule has 0 unspecified atom stereocenters. The maximum Gasteiger partial charge on any atom is 0.283 e. The van der Waals surface area contributed by atoms with Crippen molar-refractivity contribution in [1.82, 2.24) is 24.6 Å². The molecule has 1 N–H and O–H groups in total. The molecule has 0 aliphatic heterocycles. The third-order valence-corrected chi connectivity index (χ3v) is 5.55. The monoisotopic (exact) mass is 480 g/mol. The number of amides is 1. The molecule has 1 amide bonds. The molecule has 0 aliphatic rings. The van der Waals surface area contributed by atoms with Crippen LogP contribution < -0.4 is 11.0 Å². The molecule has 0 bridgehead atoms. The highest BCUT2D eigenvalue weighted by atomic mass is 35.5. The smallest absolute Gasteiger partial charge is 0.283 e. The van der Waals surface area contributed by atoms with Gasteiger partial charge in [-0.25, -0.2) is 14.3 Å². The Kier molecular flexibility index (Phi) is 5.20. The molecule has 9 nitrogen and oxygen atoms in total. The van der Waals surface area contributed by atoms with Crippen LogP contribution in [-0.2, 0) is 0 Å². The van der Waals surface area contributed by atoms with Crippen LogP contribution in [0.25, 0.3) is 28.0 Å². The van der Waals surface area contributed by atoms with E-state index in [9.17, 15) is 9.59 Å². The second-order valence-corrected chi connectivity index (χ2v) is 7.92. The van der Waals surface area contributed by atoms with Crippen molar-refractivity contribution in [3.63, 3.8) is 0 Å². The minimum Gasteiger partial charge on any atom is -0.360 e. The van der Waals surface area contributed by atoms with Gasteiger partial charge in [0.2, 0.25) is 0 Å². The molecule has 0 saturated carbocycles. The molecule has 0 radical (unpaired) electrons. The number of hydrogen-bond acceptors (Lipinski definition) is 6. The fourth-order valence-corrected chi connectivity index (χ4v) is 3.84. The number of benzene rings is 2. The van der Waals surface area contributed by atoms with Crippen molar-refractivity contribution < 1.29 is 9.32 Å². The van der Waals surface area contributed by atoms with Crippen LogP contribution in [0.4, 0.5) is 0 Å². The quantitative estimate of drug-likeness (QED) is 0.412. The minimum absolute atomic E-state index is 0.157. The highest BCUT2D eigenvalue weighted by Crippen LogP contribution is 2.31. The lowest BCUT2D eigenvalue weighted by atomic mass is 10.1. The standard InChI is InChI=1S/C22H14Cl2N6O3/c1-12-18(19(28-33-12)15-7-2-3-8-17(15)24)21(31)27-29-11-25-20-16(22(29)32)10-26-30(20)14-6-4-5-13(23)9-14/h2-11H,1H3,(H,27,31). The molecule has 11 heteroatoms. The van der Waals surface area contributed by atoms with E-state index < -0.39 is 11.5 Å². The van der Waals surface area contributed by atoms with E-state index >= 15 is 0 Å². The van der Waals surface area contributed by atoms with Crippen LogP contribution in [0, 0.1) is 6.92 Å². The first-order chi connectivity index (χ1) is 15.9. The number of hydrogen-bond donors (Lipinski definition) is 1. The maximum absolute atomic E-state index is 13.1. The molecule has 0 fully saturated rings. The van der Waals surface area contributed by atoms with Gasteiger partial charge in [0.25, 0.3) is 11.5 Å². The summed E-state index contributed by atoms with van der Waals surface area (Å²) in [6, 6.07) is 13.9. The van der Waals surface area contributed by atoms with Gasteiger partial charge in [0.1, 0.15) is 28.7 Å². The van der Waals surface area contributed by atoms with E-state index in [-0.39, 0.29) is 22.4 Å². The second kappa shape index (κ2) is 8.19. The first-order valence-electron chi connectivity index (χ1n) is 9.68. The first kappa shape index (κ1) is 20.9. The van der Waals surface area contributed by atoms with Gasteiger partial charge in [-0.2, -0.15) is 5.10 Å². The molecule has 164 valence electrons. The van der Waals surface area contributed by atoms with E-state index in [4.69, 9.17) is 27.7 Å². The van der Waals surface area contributed by atoms with E-state index in [2.05, 4.69) is 20.7 Å². The van der Waals surface area contributed by atoms with Gasteiger partial charge >= 0.3 is 0 Å². The number of carbonyl (C=O) groups is 1. The van der Waals surface area contributed by atoms with E-state index in [1.807, 2.05) is 0 Å². The van der Waals surface area contributed by atoms with Crippen molar-refractivity contribution in [3.05, 3.63) is 92.8 Å². The number of aryl methyl sites for hydroxylation is 1. The Bertz CT molecular complexity index is 1590.